The van der Waals surface area contributed by atoms with E-state index in [0.29, 0.717) is 12.0 Å². The molecule has 0 bridgehead atoms. The Kier molecular flexibility index (Phi) is 6.36. The number of esters is 1. The van der Waals surface area contributed by atoms with Crippen molar-refractivity contribution in [3.63, 3.8) is 0 Å². The Hall–Kier alpha value is -2.28. The van der Waals surface area contributed by atoms with E-state index in [1.54, 1.807) is 0 Å². The molecule has 7 nitrogen and oxygen atoms in total. The van der Waals surface area contributed by atoms with Gasteiger partial charge in [-0.1, -0.05) is 17.2 Å². The summed E-state index contributed by atoms with van der Waals surface area (Å²) in [4.78, 5) is 24.3. The zero-order valence-corrected chi connectivity index (χ0v) is 17.8. The van der Waals surface area contributed by atoms with Crippen molar-refractivity contribution in [2.24, 2.45) is 11.8 Å². The van der Waals surface area contributed by atoms with Crippen molar-refractivity contribution in [2.45, 2.75) is 65.0 Å². The summed E-state index contributed by atoms with van der Waals surface area (Å²) < 4.78 is 22.2. The number of fused-ring (bicyclic) bond motifs is 3. The molecule has 2 heterocycles. The van der Waals surface area contributed by atoms with Crippen molar-refractivity contribution < 1.29 is 28.5 Å². The monoisotopic (exact) mass is 405 g/mol. The fraction of sp³-hybridized carbons (Fsp3) is 0.636. The molecule has 0 aromatic heterocycles. The second-order valence-electron chi connectivity index (χ2n) is 8.36. The summed E-state index contributed by atoms with van der Waals surface area (Å²) in [5.74, 6) is -0.743. The van der Waals surface area contributed by atoms with Gasteiger partial charge in [0.05, 0.1) is 23.9 Å². The highest BCUT2D eigenvalue weighted by molar-refractivity contribution is 5.89. The molecule has 1 saturated carbocycles. The Labute approximate surface area is 172 Å². The fourth-order valence-corrected chi connectivity index (χ4v) is 4.22. The van der Waals surface area contributed by atoms with Gasteiger partial charge in [-0.25, -0.2) is 9.59 Å². The average molecular weight is 405 g/mol. The van der Waals surface area contributed by atoms with E-state index in [1.165, 1.54) is 24.5 Å². The third-order valence-electron chi connectivity index (χ3n) is 5.96. The average Bonchev–Trinajstić information content (AvgIpc) is 3.22. The molecule has 29 heavy (non-hydrogen) atoms. The van der Waals surface area contributed by atoms with Crippen LogP contribution in [0.3, 0.4) is 0 Å². The van der Waals surface area contributed by atoms with Crippen LogP contribution < -0.4 is 5.32 Å². The number of epoxide rings is 1. The van der Waals surface area contributed by atoms with Crippen LogP contribution in [0.4, 0.5) is 4.79 Å². The van der Waals surface area contributed by atoms with Crippen LogP contribution >= 0.6 is 0 Å². The van der Waals surface area contributed by atoms with Gasteiger partial charge in [-0.15, -0.1) is 0 Å². The number of allylic oxidation sites excluding steroid dienone is 3. The first-order valence-electron chi connectivity index (χ1n) is 10.1. The number of hydrogen-bond donors (Lipinski definition) is 1. The smallest absolute Gasteiger partial charge is 0.409 e. The van der Waals surface area contributed by atoms with Crippen molar-refractivity contribution >= 4 is 12.1 Å². The highest BCUT2D eigenvalue weighted by Crippen LogP contribution is 2.61. The molecule has 5 atom stereocenters. The molecule has 0 unspecified atom stereocenters. The molecule has 2 aliphatic heterocycles. The summed E-state index contributed by atoms with van der Waals surface area (Å²) in [7, 11) is 1.49. The summed E-state index contributed by atoms with van der Waals surface area (Å²) in [6, 6.07) is 0. The molecule has 2 fully saturated rings. The standard InChI is InChI=1S/C22H31NO6/c1-13(2)7-6-8-14(3)9-10-26-19(24)16-12-27-20(28-21(25)23-5)18-15(16)11-17-22(18,4)29-17/h7,9,12,15,17-18,20H,6,8,10-11H2,1-5H3,(H,23,25)/b14-9+/t15-,17+,18-,20+,22+/m1/s1. The second kappa shape index (κ2) is 8.61. The minimum atomic E-state index is -0.786. The van der Waals surface area contributed by atoms with Crippen LogP contribution in [0, 0.1) is 11.8 Å². The molecule has 0 aromatic rings. The van der Waals surface area contributed by atoms with E-state index in [-0.39, 0.29) is 24.5 Å². The largest absolute Gasteiger partial charge is 0.461 e. The van der Waals surface area contributed by atoms with E-state index in [9.17, 15) is 9.59 Å². The Morgan fingerprint density at radius 1 is 1.31 bits per heavy atom. The number of hydrogen-bond acceptors (Lipinski definition) is 6. The minimum Gasteiger partial charge on any atom is -0.461 e. The van der Waals surface area contributed by atoms with Crippen molar-refractivity contribution in [1.82, 2.24) is 5.32 Å². The molecule has 160 valence electrons. The highest BCUT2D eigenvalue weighted by Gasteiger charge is 2.71. The number of rotatable bonds is 7. The zero-order chi connectivity index (χ0) is 21.2. The molecular weight excluding hydrogens is 374 g/mol. The van der Waals surface area contributed by atoms with Gasteiger partial charge in [-0.05, 0) is 53.0 Å². The fourth-order valence-electron chi connectivity index (χ4n) is 4.22. The second-order valence-corrected chi connectivity index (χ2v) is 8.36. The molecule has 1 aliphatic carbocycles. The van der Waals surface area contributed by atoms with Crippen LogP contribution in [-0.2, 0) is 23.7 Å². The van der Waals surface area contributed by atoms with Gasteiger partial charge in [-0.3, -0.25) is 0 Å². The summed E-state index contributed by atoms with van der Waals surface area (Å²) in [5, 5.41) is 2.42. The maximum atomic E-state index is 12.7. The van der Waals surface area contributed by atoms with Gasteiger partial charge < -0.3 is 24.3 Å². The summed E-state index contributed by atoms with van der Waals surface area (Å²) in [6.07, 6.45) is 6.81. The van der Waals surface area contributed by atoms with Crippen LogP contribution in [0.2, 0.25) is 0 Å². The summed E-state index contributed by atoms with van der Waals surface area (Å²) in [6.45, 7) is 8.39. The van der Waals surface area contributed by atoms with Crippen molar-refractivity contribution in [2.75, 3.05) is 13.7 Å². The van der Waals surface area contributed by atoms with Gasteiger partial charge >= 0.3 is 12.1 Å². The zero-order valence-electron chi connectivity index (χ0n) is 17.8. The van der Waals surface area contributed by atoms with Crippen molar-refractivity contribution in [1.29, 1.82) is 0 Å². The number of nitrogens with one attached hydrogen (secondary N) is 1. The Morgan fingerprint density at radius 2 is 2.07 bits per heavy atom. The van der Waals surface area contributed by atoms with Gasteiger partial charge in [-0.2, -0.15) is 0 Å². The molecule has 0 radical (unpaired) electrons. The number of amides is 1. The van der Waals surface area contributed by atoms with Gasteiger partial charge in [0, 0.05) is 13.0 Å². The first-order valence-corrected chi connectivity index (χ1v) is 10.1. The SMILES string of the molecule is CNC(=O)O[C@@H]1OC=C(C(=O)OC/C=C(\C)CCC=C(C)C)[C@H]2C[C@@H]3O[C@]3(C)[C@@H]12. The van der Waals surface area contributed by atoms with Crippen LogP contribution in [0.5, 0.6) is 0 Å². The van der Waals surface area contributed by atoms with E-state index in [1.807, 2.05) is 19.9 Å². The van der Waals surface area contributed by atoms with E-state index >= 15 is 0 Å². The maximum Gasteiger partial charge on any atom is 0.409 e. The number of carbonyl (C=O) groups is 2. The lowest BCUT2D eigenvalue weighted by molar-refractivity contribution is -0.151. The van der Waals surface area contributed by atoms with Gasteiger partial charge in [0.15, 0.2) is 0 Å². The molecule has 1 N–H and O–H groups in total. The van der Waals surface area contributed by atoms with Crippen LogP contribution in [0.25, 0.3) is 0 Å². The maximum absolute atomic E-state index is 12.7. The minimum absolute atomic E-state index is 0.0448. The molecule has 1 amide bonds. The Balaban J connectivity index is 1.60. The quantitative estimate of drug-likeness (QED) is 0.396. The Morgan fingerprint density at radius 3 is 2.76 bits per heavy atom. The Bertz CT molecular complexity index is 750. The molecular formula is C22H31NO6. The van der Waals surface area contributed by atoms with E-state index < -0.39 is 24.0 Å². The lowest BCUT2D eigenvalue weighted by Crippen LogP contribution is -2.44. The molecule has 1 saturated heterocycles. The highest BCUT2D eigenvalue weighted by atomic mass is 16.7. The van der Waals surface area contributed by atoms with Gasteiger partial charge in [0.25, 0.3) is 6.29 Å². The molecule has 3 aliphatic rings. The first kappa shape index (κ1) is 21.4. The predicted octanol–water partition coefficient (Wildman–Crippen LogP) is 3.61. The third-order valence-corrected chi connectivity index (χ3v) is 5.96. The summed E-state index contributed by atoms with van der Waals surface area (Å²) in [5.41, 5.74) is 2.53. The van der Waals surface area contributed by atoms with Crippen LogP contribution in [0.1, 0.15) is 47.0 Å². The first-order chi connectivity index (χ1) is 13.8. The number of alkyl carbamates (subject to hydrolysis) is 1. The third kappa shape index (κ3) is 4.66. The number of ether oxygens (including phenoxy) is 4. The predicted molar refractivity (Wildman–Crippen MR) is 107 cm³/mol. The molecule has 0 aromatic carbocycles. The topological polar surface area (TPSA) is 86.4 Å². The normalized spacial score (nSPS) is 32.2. The lowest BCUT2D eigenvalue weighted by atomic mass is 9.82. The van der Waals surface area contributed by atoms with Crippen molar-refractivity contribution in [3.05, 3.63) is 35.1 Å². The number of carbonyl (C=O) groups excluding carboxylic acids is 2. The van der Waals surface area contributed by atoms with Crippen LogP contribution in [0.15, 0.2) is 35.1 Å². The van der Waals surface area contributed by atoms with Gasteiger partial charge in [0.1, 0.15) is 12.2 Å². The molecule has 0 spiro atoms. The van der Waals surface area contributed by atoms with Crippen LogP contribution in [-0.4, -0.2) is 43.7 Å². The van der Waals surface area contributed by atoms with E-state index in [2.05, 4.69) is 25.2 Å². The lowest BCUT2D eigenvalue weighted by Gasteiger charge is -2.35. The molecule has 7 heteroatoms. The molecule has 3 rings (SSSR count). The van der Waals surface area contributed by atoms with Gasteiger partial charge in [0.2, 0.25) is 0 Å². The van der Waals surface area contributed by atoms with E-state index in [4.69, 9.17) is 18.9 Å². The van der Waals surface area contributed by atoms with Crippen molar-refractivity contribution in [3.8, 4) is 0 Å². The van der Waals surface area contributed by atoms with E-state index in [0.717, 1.165) is 12.8 Å². The summed E-state index contributed by atoms with van der Waals surface area (Å²) >= 11 is 0.